The number of ketones is 1. The number of allylic oxidation sites excluding steroid dienone is 8. The van der Waals surface area contributed by atoms with Gasteiger partial charge < -0.3 is 10.8 Å². The Hall–Kier alpha value is -1.45. The summed E-state index contributed by atoms with van der Waals surface area (Å²) in [6, 6.07) is 0. The van der Waals surface area contributed by atoms with Crippen molar-refractivity contribution < 1.29 is 9.90 Å². The molecule has 0 aromatic rings. The van der Waals surface area contributed by atoms with Crippen molar-refractivity contribution in [3.05, 3.63) is 48.6 Å². The molecule has 3 N–H and O–H groups in total. The molecule has 0 saturated carbocycles. The molecule has 0 amide bonds. The molecule has 3 heteroatoms. The Morgan fingerprint density at radius 1 is 0.654 bits per heavy atom. The summed E-state index contributed by atoms with van der Waals surface area (Å²) in [6.07, 6.45) is 29.4. The third-order valence-corrected chi connectivity index (χ3v) is 4.03. The van der Waals surface area contributed by atoms with Crippen molar-refractivity contribution in [2.45, 2.75) is 77.0 Å². The molecule has 148 valence electrons. The molecule has 0 saturated heterocycles. The zero-order valence-corrected chi connectivity index (χ0v) is 16.5. The summed E-state index contributed by atoms with van der Waals surface area (Å²) in [5.41, 5.74) is 5.46. The summed E-state index contributed by atoms with van der Waals surface area (Å²) < 4.78 is 0. The summed E-state index contributed by atoms with van der Waals surface area (Å²) in [5.74, 6) is 0.181. The summed E-state index contributed by atoms with van der Waals surface area (Å²) >= 11 is 0. The number of hydrogen-bond donors (Lipinski definition) is 2. The van der Waals surface area contributed by atoms with Crippen molar-refractivity contribution in [2.75, 3.05) is 13.2 Å². The summed E-state index contributed by atoms with van der Waals surface area (Å²) in [7, 11) is 0. The largest absolute Gasteiger partial charge is 0.396 e. The minimum Gasteiger partial charge on any atom is -0.396 e. The maximum atomic E-state index is 11.2. The first kappa shape index (κ1) is 24.6. The number of hydrogen-bond acceptors (Lipinski definition) is 3. The van der Waals surface area contributed by atoms with Crippen LogP contribution in [0.15, 0.2) is 48.6 Å². The van der Waals surface area contributed by atoms with E-state index in [9.17, 15) is 4.79 Å². The van der Waals surface area contributed by atoms with Gasteiger partial charge in [-0.05, 0) is 64.3 Å². The molecule has 0 spiro atoms. The van der Waals surface area contributed by atoms with Crippen LogP contribution in [0, 0.1) is 0 Å². The van der Waals surface area contributed by atoms with Gasteiger partial charge in [-0.3, -0.25) is 4.79 Å². The maximum absolute atomic E-state index is 11.2. The fourth-order valence-corrected chi connectivity index (χ4v) is 2.47. The van der Waals surface area contributed by atoms with Gasteiger partial charge in [0.15, 0.2) is 0 Å². The molecule has 26 heavy (non-hydrogen) atoms. The highest BCUT2D eigenvalue weighted by Gasteiger charge is 1.99. The molecule has 0 rings (SSSR count). The average molecular weight is 362 g/mol. The Bertz CT molecular complexity index is 422. The van der Waals surface area contributed by atoms with Crippen LogP contribution in [0.1, 0.15) is 77.0 Å². The normalized spacial score (nSPS) is 12.4. The Kier molecular flexibility index (Phi) is 20.4. The van der Waals surface area contributed by atoms with Gasteiger partial charge in [0, 0.05) is 19.4 Å². The van der Waals surface area contributed by atoms with Crippen LogP contribution in [0.25, 0.3) is 0 Å². The van der Waals surface area contributed by atoms with Gasteiger partial charge in [-0.1, -0.05) is 55.0 Å². The summed E-state index contributed by atoms with van der Waals surface area (Å²) in [5, 5.41) is 8.65. The van der Waals surface area contributed by atoms with Gasteiger partial charge in [-0.15, -0.1) is 0 Å². The predicted molar refractivity (Wildman–Crippen MR) is 113 cm³/mol. The second kappa shape index (κ2) is 21.6. The predicted octanol–water partition coefficient (Wildman–Crippen LogP) is 5.41. The zero-order chi connectivity index (χ0) is 19.1. The maximum Gasteiger partial charge on any atom is 0.135 e. The number of nitrogens with two attached hydrogens (primary N) is 1. The first-order valence-electron chi connectivity index (χ1n) is 10.2. The third kappa shape index (κ3) is 20.6. The monoisotopic (exact) mass is 361 g/mol. The van der Waals surface area contributed by atoms with Crippen LogP contribution in [0.2, 0.25) is 0 Å². The number of aliphatic hydroxyl groups is 1. The smallest absolute Gasteiger partial charge is 0.135 e. The minimum atomic E-state index is -0.0163. The van der Waals surface area contributed by atoms with Crippen LogP contribution in [-0.4, -0.2) is 24.0 Å². The Morgan fingerprint density at radius 2 is 1.15 bits per heavy atom. The van der Waals surface area contributed by atoms with E-state index in [1.54, 1.807) is 0 Å². The number of carbonyl (C=O) groups is 1. The summed E-state index contributed by atoms with van der Waals surface area (Å²) in [6.45, 7) is 0.779. The number of unbranched alkanes of at least 4 members (excludes halogenated alkanes) is 5. The second-order valence-corrected chi connectivity index (χ2v) is 6.49. The van der Waals surface area contributed by atoms with Crippen LogP contribution < -0.4 is 5.73 Å². The van der Waals surface area contributed by atoms with Crippen LogP contribution >= 0.6 is 0 Å². The number of rotatable bonds is 18. The first-order valence-corrected chi connectivity index (χ1v) is 10.2. The molecule has 0 unspecified atom stereocenters. The van der Waals surface area contributed by atoms with Gasteiger partial charge in [-0.2, -0.15) is 0 Å². The van der Waals surface area contributed by atoms with Crippen molar-refractivity contribution in [3.63, 3.8) is 0 Å². The molecule has 0 heterocycles. The van der Waals surface area contributed by atoms with Crippen molar-refractivity contribution in [2.24, 2.45) is 5.73 Å². The van der Waals surface area contributed by atoms with E-state index in [0.29, 0.717) is 12.8 Å². The van der Waals surface area contributed by atoms with Crippen LogP contribution in [0.3, 0.4) is 0 Å². The second-order valence-electron chi connectivity index (χ2n) is 6.49. The molecule has 0 bridgehead atoms. The highest BCUT2D eigenvalue weighted by molar-refractivity contribution is 5.78. The van der Waals surface area contributed by atoms with Crippen molar-refractivity contribution in [1.82, 2.24) is 0 Å². The molecule has 0 aromatic carbocycles. The van der Waals surface area contributed by atoms with Crippen molar-refractivity contribution >= 4 is 5.78 Å². The SMILES string of the molecule is NCCCC/C=C\C/C=C\C/C=C\C/C=C\CCCCCC(=O)CCO. The quantitative estimate of drug-likeness (QED) is 0.253. The molecule has 0 aliphatic rings. The number of Topliss-reactive ketones (excluding diaryl/α,β-unsaturated/α-hetero) is 1. The van der Waals surface area contributed by atoms with E-state index in [0.717, 1.165) is 64.3 Å². The van der Waals surface area contributed by atoms with Crippen LogP contribution in [0.4, 0.5) is 0 Å². The van der Waals surface area contributed by atoms with Gasteiger partial charge in [0.25, 0.3) is 0 Å². The standard InChI is InChI=1S/C23H39NO2/c24-21-18-16-14-12-10-8-6-4-2-1-3-5-7-9-11-13-15-17-19-23(26)20-22-25/h1,3-4,6-7,9-10,12,25H,2,5,8,11,13-22,24H2/b3-1-,6-4-,9-7-,12-10-. The van der Waals surface area contributed by atoms with Gasteiger partial charge in [-0.25, -0.2) is 0 Å². The molecule has 0 atom stereocenters. The van der Waals surface area contributed by atoms with Crippen LogP contribution in [0.5, 0.6) is 0 Å². The average Bonchev–Trinajstić information content (AvgIpc) is 2.64. The van der Waals surface area contributed by atoms with Gasteiger partial charge >= 0.3 is 0 Å². The molecule has 0 aliphatic heterocycles. The van der Waals surface area contributed by atoms with Gasteiger partial charge in [0.05, 0.1) is 0 Å². The molecular formula is C23H39NO2. The third-order valence-electron chi connectivity index (χ3n) is 4.03. The first-order chi connectivity index (χ1) is 12.8. The highest BCUT2D eigenvalue weighted by Crippen LogP contribution is 2.06. The lowest BCUT2D eigenvalue weighted by atomic mass is 10.1. The van der Waals surface area contributed by atoms with E-state index in [-0.39, 0.29) is 12.4 Å². The van der Waals surface area contributed by atoms with Crippen molar-refractivity contribution in [1.29, 1.82) is 0 Å². The lowest BCUT2D eigenvalue weighted by Gasteiger charge is -1.98. The molecular weight excluding hydrogens is 322 g/mol. The molecule has 3 nitrogen and oxygen atoms in total. The molecule has 0 aliphatic carbocycles. The summed E-state index contributed by atoms with van der Waals surface area (Å²) in [4.78, 5) is 11.2. The number of aliphatic hydroxyl groups excluding tert-OH is 1. The topological polar surface area (TPSA) is 63.3 Å². The van der Waals surface area contributed by atoms with E-state index < -0.39 is 0 Å². The fourth-order valence-electron chi connectivity index (χ4n) is 2.47. The van der Waals surface area contributed by atoms with E-state index in [1.165, 1.54) is 6.42 Å². The highest BCUT2D eigenvalue weighted by atomic mass is 16.3. The lowest BCUT2D eigenvalue weighted by Crippen LogP contribution is -2.00. The molecule has 0 radical (unpaired) electrons. The van der Waals surface area contributed by atoms with Crippen molar-refractivity contribution in [3.8, 4) is 0 Å². The van der Waals surface area contributed by atoms with E-state index in [4.69, 9.17) is 10.8 Å². The van der Waals surface area contributed by atoms with E-state index in [1.807, 2.05) is 0 Å². The van der Waals surface area contributed by atoms with Crippen LogP contribution in [-0.2, 0) is 4.79 Å². The molecule has 0 fully saturated rings. The number of carbonyl (C=O) groups excluding carboxylic acids is 1. The minimum absolute atomic E-state index is 0.0163. The zero-order valence-electron chi connectivity index (χ0n) is 16.5. The fraction of sp³-hybridized carbons (Fsp3) is 0.609. The molecule has 0 aromatic heterocycles. The Balaban J connectivity index is 3.40. The van der Waals surface area contributed by atoms with E-state index >= 15 is 0 Å². The van der Waals surface area contributed by atoms with Gasteiger partial charge in [0.1, 0.15) is 5.78 Å². The Labute approximate surface area is 160 Å². The Morgan fingerprint density at radius 3 is 1.65 bits per heavy atom. The van der Waals surface area contributed by atoms with E-state index in [2.05, 4.69) is 48.6 Å². The lowest BCUT2D eigenvalue weighted by molar-refractivity contribution is -0.119. The van der Waals surface area contributed by atoms with Gasteiger partial charge in [0.2, 0.25) is 0 Å².